The molecule has 1 aliphatic rings. The number of nitrogens with zero attached hydrogens (tertiary/aromatic N) is 5. The molecule has 0 atom stereocenters. The van der Waals surface area contributed by atoms with E-state index in [-0.39, 0.29) is 0 Å². The van der Waals surface area contributed by atoms with Gasteiger partial charge in [-0.2, -0.15) is 0 Å². The van der Waals surface area contributed by atoms with Crippen molar-refractivity contribution in [2.45, 2.75) is 6.54 Å². The van der Waals surface area contributed by atoms with E-state index in [1.165, 1.54) is 0 Å². The van der Waals surface area contributed by atoms with Crippen molar-refractivity contribution in [3.05, 3.63) is 17.8 Å². The van der Waals surface area contributed by atoms with E-state index < -0.39 is 0 Å². The minimum atomic E-state index is 0.835. The molecule has 0 radical (unpaired) electrons. The number of hydrogen-bond donors (Lipinski definition) is 0. The molecule has 3 rings (SSSR count). The summed E-state index contributed by atoms with van der Waals surface area (Å²) < 4.78 is 7.20. The summed E-state index contributed by atoms with van der Waals surface area (Å²) in [6.45, 7) is 5.54. The number of hydrogen-bond acceptors (Lipinski definition) is 6. The van der Waals surface area contributed by atoms with Crippen molar-refractivity contribution >= 4 is 11.3 Å². The zero-order valence-corrected chi connectivity index (χ0v) is 10.8. The van der Waals surface area contributed by atoms with Gasteiger partial charge in [-0.15, -0.1) is 16.4 Å². The second-order valence-corrected chi connectivity index (χ2v) is 5.05. The Morgan fingerprint density at radius 2 is 2.17 bits per heavy atom. The minimum absolute atomic E-state index is 0.835. The van der Waals surface area contributed by atoms with Crippen LogP contribution in [0.4, 0.5) is 0 Å². The van der Waals surface area contributed by atoms with Gasteiger partial charge >= 0.3 is 0 Å². The molecule has 0 saturated carbocycles. The fourth-order valence-electron chi connectivity index (χ4n) is 1.92. The normalized spacial score (nSPS) is 17.1. The smallest absolute Gasteiger partial charge is 0.145 e. The first-order valence-corrected chi connectivity index (χ1v) is 6.90. The molecule has 1 fully saturated rings. The van der Waals surface area contributed by atoms with Crippen molar-refractivity contribution in [3.8, 4) is 10.7 Å². The Labute approximate surface area is 109 Å². The van der Waals surface area contributed by atoms with E-state index in [9.17, 15) is 0 Å². The number of thiazole rings is 1. The van der Waals surface area contributed by atoms with E-state index in [0.717, 1.165) is 50.1 Å². The van der Waals surface area contributed by atoms with Gasteiger partial charge in [-0.1, -0.05) is 5.21 Å². The van der Waals surface area contributed by atoms with Crippen molar-refractivity contribution in [3.63, 3.8) is 0 Å². The number of ether oxygens (including phenoxy) is 1. The lowest BCUT2D eigenvalue weighted by Gasteiger charge is -2.26. The van der Waals surface area contributed by atoms with Gasteiger partial charge in [0.05, 0.1) is 26.0 Å². The average molecular weight is 265 g/mol. The van der Waals surface area contributed by atoms with Crippen LogP contribution in [0.2, 0.25) is 0 Å². The van der Waals surface area contributed by atoms with Crippen LogP contribution in [0, 0.1) is 0 Å². The van der Waals surface area contributed by atoms with Crippen LogP contribution in [-0.4, -0.2) is 57.7 Å². The van der Waals surface area contributed by atoms with E-state index >= 15 is 0 Å². The monoisotopic (exact) mass is 265 g/mol. The first-order valence-electron chi connectivity index (χ1n) is 6.02. The fraction of sp³-hybridized carbons (Fsp3) is 0.545. The Bertz CT molecular complexity index is 477. The summed E-state index contributed by atoms with van der Waals surface area (Å²) in [4.78, 5) is 6.61. The van der Waals surface area contributed by atoms with Crippen LogP contribution >= 0.6 is 11.3 Å². The van der Waals surface area contributed by atoms with Crippen LogP contribution in [0.15, 0.2) is 17.8 Å². The van der Waals surface area contributed by atoms with Crippen molar-refractivity contribution in [2.24, 2.45) is 0 Å². The molecule has 0 unspecified atom stereocenters. The second kappa shape index (κ2) is 5.55. The second-order valence-electron chi connectivity index (χ2n) is 4.16. The predicted molar refractivity (Wildman–Crippen MR) is 68.4 cm³/mol. The standard InChI is InChI=1S/C11H15N5OS/c1-8-18-11(12-1)10-9-16(14-13-10)3-2-15-4-6-17-7-5-15/h1,8-9H,2-7H2. The van der Waals surface area contributed by atoms with E-state index in [1.54, 1.807) is 17.5 Å². The highest BCUT2D eigenvalue weighted by atomic mass is 32.1. The van der Waals surface area contributed by atoms with Gasteiger partial charge < -0.3 is 4.74 Å². The quantitative estimate of drug-likeness (QED) is 0.816. The molecule has 0 N–H and O–H groups in total. The van der Waals surface area contributed by atoms with Gasteiger partial charge in [-0.25, -0.2) is 4.98 Å². The molecule has 2 aromatic rings. The third-order valence-corrected chi connectivity index (χ3v) is 3.73. The lowest BCUT2D eigenvalue weighted by molar-refractivity contribution is 0.0359. The van der Waals surface area contributed by atoms with Crippen molar-refractivity contribution in [1.29, 1.82) is 0 Å². The molecule has 0 aromatic carbocycles. The van der Waals surface area contributed by atoms with Crippen molar-refractivity contribution < 1.29 is 4.74 Å². The Morgan fingerprint density at radius 1 is 1.28 bits per heavy atom. The molecular formula is C11H15N5OS. The molecule has 3 heterocycles. The maximum absolute atomic E-state index is 5.32. The first-order chi connectivity index (χ1) is 8.92. The molecule has 0 amide bonds. The molecule has 0 aliphatic carbocycles. The van der Waals surface area contributed by atoms with E-state index in [0.29, 0.717) is 0 Å². The summed E-state index contributed by atoms with van der Waals surface area (Å²) in [7, 11) is 0. The average Bonchev–Trinajstić information content (AvgIpc) is 3.08. The molecule has 18 heavy (non-hydrogen) atoms. The van der Waals surface area contributed by atoms with Gasteiger partial charge in [0.15, 0.2) is 0 Å². The SMILES string of the molecule is c1csc(-c2cn(CCN3CCOCC3)nn2)n1. The maximum Gasteiger partial charge on any atom is 0.145 e. The molecule has 2 aromatic heterocycles. The summed E-state index contributed by atoms with van der Waals surface area (Å²) in [5, 5.41) is 11.1. The summed E-state index contributed by atoms with van der Waals surface area (Å²) in [6, 6.07) is 0. The van der Waals surface area contributed by atoms with E-state index in [1.807, 2.05) is 16.3 Å². The van der Waals surface area contributed by atoms with E-state index in [4.69, 9.17) is 4.74 Å². The van der Waals surface area contributed by atoms with Gasteiger partial charge in [-0.05, 0) is 0 Å². The third-order valence-electron chi connectivity index (χ3n) is 2.94. The summed E-state index contributed by atoms with van der Waals surface area (Å²) in [6.07, 6.45) is 3.74. The zero-order chi connectivity index (χ0) is 12.2. The Balaban J connectivity index is 1.57. The number of rotatable bonds is 4. The fourth-order valence-corrected chi connectivity index (χ4v) is 2.51. The summed E-state index contributed by atoms with van der Waals surface area (Å²) in [5.74, 6) is 0. The molecule has 96 valence electrons. The van der Waals surface area contributed by atoms with Gasteiger partial charge in [0.1, 0.15) is 10.7 Å². The van der Waals surface area contributed by atoms with Crippen LogP contribution in [0.5, 0.6) is 0 Å². The minimum Gasteiger partial charge on any atom is -0.379 e. The highest BCUT2D eigenvalue weighted by molar-refractivity contribution is 7.13. The molecule has 1 saturated heterocycles. The van der Waals surface area contributed by atoms with Crippen LogP contribution < -0.4 is 0 Å². The van der Waals surface area contributed by atoms with Gasteiger partial charge in [0.25, 0.3) is 0 Å². The Morgan fingerprint density at radius 3 is 2.94 bits per heavy atom. The van der Waals surface area contributed by atoms with Crippen molar-refractivity contribution in [1.82, 2.24) is 24.9 Å². The van der Waals surface area contributed by atoms with E-state index in [2.05, 4.69) is 20.2 Å². The largest absolute Gasteiger partial charge is 0.379 e. The number of morpholine rings is 1. The molecule has 1 aliphatic heterocycles. The predicted octanol–water partition coefficient (Wildman–Crippen LogP) is 0.734. The lowest BCUT2D eigenvalue weighted by atomic mass is 10.4. The van der Waals surface area contributed by atoms with Gasteiger partial charge in [0.2, 0.25) is 0 Å². The van der Waals surface area contributed by atoms with Crippen LogP contribution in [0.1, 0.15) is 0 Å². The van der Waals surface area contributed by atoms with Gasteiger partial charge in [-0.3, -0.25) is 9.58 Å². The van der Waals surface area contributed by atoms with Crippen LogP contribution in [0.25, 0.3) is 10.7 Å². The van der Waals surface area contributed by atoms with Crippen LogP contribution in [-0.2, 0) is 11.3 Å². The molecular weight excluding hydrogens is 250 g/mol. The van der Waals surface area contributed by atoms with Gasteiger partial charge in [0, 0.05) is 31.2 Å². The topological polar surface area (TPSA) is 56.1 Å². The molecule has 0 spiro atoms. The number of aromatic nitrogens is 4. The lowest BCUT2D eigenvalue weighted by Crippen LogP contribution is -2.38. The molecule has 7 heteroatoms. The van der Waals surface area contributed by atoms with Crippen molar-refractivity contribution in [2.75, 3.05) is 32.8 Å². The summed E-state index contributed by atoms with van der Waals surface area (Å²) in [5.41, 5.74) is 0.854. The third kappa shape index (κ3) is 2.74. The highest BCUT2D eigenvalue weighted by Gasteiger charge is 2.11. The maximum atomic E-state index is 5.32. The Hall–Kier alpha value is -1.31. The van der Waals surface area contributed by atoms with Crippen LogP contribution in [0.3, 0.4) is 0 Å². The molecule has 0 bridgehead atoms. The zero-order valence-electron chi connectivity index (χ0n) is 10.0. The molecule has 6 nitrogen and oxygen atoms in total. The first kappa shape index (κ1) is 11.8. The highest BCUT2D eigenvalue weighted by Crippen LogP contribution is 2.17. The Kier molecular flexibility index (Phi) is 3.63. The summed E-state index contributed by atoms with van der Waals surface area (Å²) >= 11 is 1.58.